The normalized spacial score (nSPS) is 20.2. The van der Waals surface area contributed by atoms with E-state index in [-0.39, 0.29) is 29.6 Å². The maximum absolute atomic E-state index is 13.0. The van der Waals surface area contributed by atoms with Crippen LogP contribution >= 0.6 is 0 Å². The Hall–Kier alpha value is -1.98. The van der Waals surface area contributed by atoms with Crippen LogP contribution in [0.2, 0.25) is 0 Å². The van der Waals surface area contributed by atoms with Gasteiger partial charge in [0, 0.05) is 44.8 Å². The number of ketones is 1. The summed E-state index contributed by atoms with van der Waals surface area (Å²) in [4.78, 5) is 28.5. The number of pyridine rings is 1. The lowest BCUT2D eigenvalue weighted by atomic mass is 9.82. The van der Waals surface area contributed by atoms with E-state index >= 15 is 0 Å². The van der Waals surface area contributed by atoms with Gasteiger partial charge in [-0.15, -0.1) is 0 Å². The molecule has 0 atom stereocenters. The summed E-state index contributed by atoms with van der Waals surface area (Å²) in [6, 6.07) is 4.46. The fraction of sp³-hybridized carbons (Fsp3) is 0.533. The van der Waals surface area contributed by atoms with Crippen molar-refractivity contribution in [1.29, 1.82) is 0 Å². The van der Waals surface area contributed by atoms with Crippen LogP contribution in [0.1, 0.15) is 25.7 Å². The summed E-state index contributed by atoms with van der Waals surface area (Å²) in [5.41, 5.74) is 0. The number of likely N-dealkylation sites (tertiary alicyclic amines) is 1. The number of ether oxygens (including phenoxy) is 1. The molecule has 1 saturated heterocycles. The highest BCUT2D eigenvalue weighted by Crippen LogP contribution is 2.27. The SMILES string of the molecule is O=C1CC(C(=O)N2CCC(Oc3cccc(F)n3)CC2)C1. The van der Waals surface area contributed by atoms with Crippen molar-refractivity contribution in [2.75, 3.05) is 13.1 Å². The first-order valence-corrected chi connectivity index (χ1v) is 7.21. The van der Waals surface area contributed by atoms with Gasteiger partial charge in [-0.05, 0) is 6.07 Å². The van der Waals surface area contributed by atoms with Gasteiger partial charge in [-0.25, -0.2) is 0 Å². The molecule has 1 aromatic rings. The van der Waals surface area contributed by atoms with Crippen molar-refractivity contribution in [1.82, 2.24) is 9.88 Å². The summed E-state index contributed by atoms with van der Waals surface area (Å²) in [6.45, 7) is 1.23. The number of carbonyl (C=O) groups excluding carboxylic acids is 2. The van der Waals surface area contributed by atoms with Crippen LogP contribution in [0.25, 0.3) is 0 Å². The molecule has 1 saturated carbocycles. The number of halogens is 1. The Morgan fingerprint density at radius 3 is 2.62 bits per heavy atom. The third-order valence-electron chi connectivity index (χ3n) is 4.03. The van der Waals surface area contributed by atoms with Gasteiger partial charge in [0.25, 0.3) is 0 Å². The molecule has 21 heavy (non-hydrogen) atoms. The molecule has 1 amide bonds. The van der Waals surface area contributed by atoms with Crippen molar-refractivity contribution >= 4 is 11.7 Å². The number of amides is 1. The zero-order valence-electron chi connectivity index (χ0n) is 11.6. The molecular formula is C15H17FN2O3. The molecule has 3 rings (SSSR count). The Labute approximate surface area is 122 Å². The average Bonchev–Trinajstić information content (AvgIpc) is 2.44. The van der Waals surface area contributed by atoms with E-state index in [1.807, 2.05) is 0 Å². The van der Waals surface area contributed by atoms with Crippen molar-refractivity contribution in [2.45, 2.75) is 31.8 Å². The fourth-order valence-corrected chi connectivity index (χ4v) is 2.74. The van der Waals surface area contributed by atoms with Crippen molar-refractivity contribution in [3.05, 3.63) is 24.1 Å². The molecule has 1 aliphatic heterocycles. The van der Waals surface area contributed by atoms with Gasteiger partial charge in [-0.1, -0.05) is 6.07 Å². The average molecular weight is 292 g/mol. The predicted octanol–water partition coefficient (Wildman–Crippen LogP) is 1.57. The van der Waals surface area contributed by atoms with Gasteiger partial charge in [-0.3, -0.25) is 9.59 Å². The lowest BCUT2D eigenvalue weighted by molar-refractivity contribution is -0.146. The predicted molar refractivity (Wildman–Crippen MR) is 72.2 cm³/mol. The quantitative estimate of drug-likeness (QED) is 0.793. The Morgan fingerprint density at radius 2 is 2.00 bits per heavy atom. The van der Waals surface area contributed by atoms with E-state index in [9.17, 15) is 14.0 Å². The van der Waals surface area contributed by atoms with Crippen LogP contribution in [0.3, 0.4) is 0 Å². The van der Waals surface area contributed by atoms with Gasteiger partial charge < -0.3 is 9.64 Å². The number of hydrogen-bond donors (Lipinski definition) is 0. The minimum absolute atomic E-state index is 0.0497. The van der Waals surface area contributed by atoms with Gasteiger partial charge >= 0.3 is 0 Å². The molecule has 2 aliphatic rings. The van der Waals surface area contributed by atoms with E-state index < -0.39 is 5.95 Å². The first kappa shape index (κ1) is 14.0. The van der Waals surface area contributed by atoms with Crippen LogP contribution in [0.15, 0.2) is 18.2 Å². The zero-order chi connectivity index (χ0) is 14.8. The molecule has 1 aromatic heterocycles. The van der Waals surface area contributed by atoms with E-state index in [2.05, 4.69) is 4.98 Å². The maximum atomic E-state index is 13.0. The summed E-state index contributed by atoms with van der Waals surface area (Å²) >= 11 is 0. The molecule has 5 nitrogen and oxygen atoms in total. The number of aromatic nitrogens is 1. The van der Waals surface area contributed by atoms with Crippen LogP contribution in [-0.4, -0.2) is 40.8 Å². The van der Waals surface area contributed by atoms with Crippen molar-refractivity contribution in [3.8, 4) is 5.88 Å². The maximum Gasteiger partial charge on any atom is 0.226 e. The minimum Gasteiger partial charge on any atom is -0.474 e. The first-order valence-electron chi connectivity index (χ1n) is 7.21. The first-order chi connectivity index (χ1) is 10.1. The molecule has 6 heteroatoms. The van der Waals surface area contributed by atoms with Gasteiger partial charge in [0.1, 0.15) is 11.9 Å². The molecule has 0 spiro atoms. The molecule has 1 aliphatic carbocycles. The van der Waals surface area contributed by atoms with Crippen molar-refractivity contribution < 1.29 is 18.7 Å². The second-order valence-electron chi connectivity index (χ2n) is 5.58. The fourth-order valence-electron chi connectivity index (χ4n) is 2.74. The lowest BCUT2D eigenvalue weighted by Gasteiger charge is -2.35. The smallest absolute Gasteiger partial charge is 0.226 e. The van der Waals surface area contributed by atoms with Crippen molar-refractivity contribution in [3.63, 3.8) is 0 Å². The molecule has 0 radical (unpaired) electrons. The second-order valence-corrected chi connectivity index (χ2v) is 5.58. The van der Waals surface area contributed by atoms with E-state index in [0.717, 1.165) is 0 Å². The molecule has 2 heterocycles. The number of Topliss-reactive ketones (excluding diaryl/α,β-unsaturated/α-hetero) is 1. The molecule has 0 aromatic carbocycles. The Kier molecular flexibility index (Phi) is 3.86. The van der Waals surface area contributed by atoms with Gasteiger partial charge in [0.05, 0.1) is 5.92 Å². The highest BCUT2D eigenvalue weighted by Gasteiger charge is 2.36. The number of piperidine rings is 1. The summed E-state index contributed by atoms with van der Waals surface area (Å²) in [6.07, 6.45) is 2.13. The monoisotopic (exact) mass is 292 g/mol. The van der Waals surface area contributed by atoms with Crippen LogP contribution < -0.4 is 4.74 Å². The standard InChI is InChI=1S/C15H17FN2O3/c16-13-2-1-3-14(17-13)21-12-4-6-18(7-5-12)15(20)10-8-11(19)9-10/h1-3,10,12H,4-9H2. The number of rotatable bonds is 3. The molecule has 0 unspecified atom stereocenters. The van der Waals surface area contributed by atoms with Crippen molar-refractivity contribution in [2.24, 2.45) is 5.92 Å². The third kappa shape index (κ3) is 3.20. The van der Waals surface area contributed by atoms with Gasteiger partial charge in [0.15, 0.2) is 0 Å². The topological polar surface area (TPSA) is 59.5 Å². The largest absolute Gasteiger partial charge is 0.474 e. The van der Waals surface area contributed by atoms with Crippen LogP contribution in [0, 0.1) is 11.9 Å². The molecule has 112 valence electrons. The van der Waals surface area contributed by atoms with E-state index in [1.54, 1.807) is 17.0 Å². The summed E-state index contributed by atoms with van der Waals surface area (Å²) < 4.78 is 18.6. The van der Waals surface area contributed by atoms with Gasteiger partial charge in [0.2, 0.25) is 17.7 Å². The minimum atomic E-state index is -0.560. The Balaban J connectivity index is 1.49. The third-order valence-corrected chi connectivity index (χ3v) is 4.03. The number of carbonyl (C=O) groups is 2. The summed E-state index contributed by atoms with van der Waals surface area (Å²) in [5.74, 6) is -0.139. The van der Waals surface area contributed by atoms with Crippen LogP contribution in [0.5, 0.6) is 5.88 Å². The highest BCUT2D eigenvalue weighted by molar-refractivity contribution is 5.96. The molecule has 0 N–H and O–H groups in total. The molecule has 2 fully saturated rings. The summed E-state index contributed by atoms with van der Waals surface area (Å²) in [5, 5.41) is 0. The number of nitrogens with zero attached hydrogens (tertiary/aromatic N) is 2. The Morgan fingerprint density at radius 1 is 1.29 bits per heavy atom. The van der Waals surface area contributed by atoms with E-state index in [4.69, 9.17) is 4.74 Å². The van der Waals surface area contributed by atoms with E-state index in [0.29, 0.717) is 38.8 Å². The van der Waals surface area contributed by atoms with Crippen LogP contribution in [-0.2, 0) is 9.59 Å². The highest BCUT2D eigenvalue weighted by atomic mass is 19.1. The van der Waals surface area contributed by atoms with Crippen LogP contribution in [0.4, 0.5) is 4.39 Å². The summed E-state index contributed by atoms with van der Waals surface area (Å²) in [7, 11) is 0. The number of hydrogen-bond acceptors (Lipinski definition) is 4. The molecular weight excluding hydrogens is 275 g/mol. The zero-order valence-corrected chi connectivity index (χ0v) is 11.6. The second kappa shape index (κ2) is 5.79. The van der Waals surface area contributed by atoms with Gasteiger partial charge in [-0.2, -0.15) is 9.37 Å². The Bertz CT molecular complexity index is 548. The lowest BCUT2D eigenvalue weighted by Crippen LogP contribution is -2.47. The van der Waals surface area contributed by atoms with E-state index in [1.165, 1.54) is 6.07 Å². The molecule has 0 bridgehead atoms.